The molecule has 0 saturated carbocycles. The lowest BCUT2D eigenvalue weighted by atomic mass is 10.1. The fourth-order valence-corrected chi connectivity index (χ4v) is 2.43. The first-order chi connectivity index (χ1) is 11.5. The number of hydrogen-bond acceptors (Lipinski definition) is 4. The average molecular weight is 335 g/mol. The molecule has 0 spiro atoms. The molecule has 1 amide bonds. The highest BCUT2D eigenvalue weighted by atomic mass is 19.3. The van der Waals surface area contributed by atoms with E-state index in [2.05, 4.69) is 4.74 Å². The highest BCUT2D eigenvalue weighted by Crippen LogP contribution is 2.33. The summed E-state index contributed by atoms with van der Waals surface area (Å²) >= 11 is 0. The predicted octanol–water partition coefficient (Wildman–Crippen LogP) is 3.29. The van der Waals surface area contributed by atoms with Crippen molar-refractivity contribution in [3.8, 4) is 17.2 Å². The zero-order chi connectivity index (χ0) is 17.1. The molecule has 0 aromatic heterocycles. The predicted molar refractivity (Wildman–Crippen MR) is 81.4 cm³/mol. The summed E-state index contributed by atoms with van der Waals surface area (Å²) < 4.78 is 39.9. The number of rotatable bonds is 5. The van der Waals surface area contributed by atoms with Crippen LogP contribution in [0, 0.1) is 0 Å². The molecule has 0 atom stereocenters. The van der Waals surface area contributed by atoms with Gasteiger partial charge in [0.1, 0.15) is 5.75 Å². The summed E-state index contributed by atoms with van der Waals surface area (Å²) in [6.07, 6.45) is 0. The van der Waals surface area contributed by atoms with Crippen LogP contribution in [-0.4, -0.2) is 31.3 Å². The van der Waals surface area contributed by atoms with Gasteiger partial charge in [0.2, 0.25) is 6.79 Å². The van der Waals surface area contributed by atoms with Crippen molar-refractivity contribution in [1.29, 1.82) is 0 Å². The number of hydrogen-bond donors (Lipinski definition) is 0. The van der Waals surface area contributed by atoms with Gasteiger partial charge in [0.25, 0.3) is 5.91 Å². The van der Waals surface area contributed by atoms with E-state index in [9.17, 15) is 13.6 Å². The molecule has 1 aliphatic rings. The summed E-state index contributed by atoms with van der Waals surface area (Å²) in [6, 6.07) is 11.3. The minimum Gasteiger partial charge on any atom is -0.454 e. The highest BCUT2D eigenvalue weighted by Gasteiger charge is 2.20. The van der Waals surface area contributed by atoms with Gasteiger partial charge in [-0.1, -0.05) is 18.2 Å². The first-order valence-corrected chi connectivity index (χ1v) is 7.22. The molecule has 0 saturated heterocycles. The van der Waals surface area contributed by atoms with Crippen molar-refractivity contribution in [2.75, 3.05) is 13.8 Å². The van der Waals surface area contributed by atoms with Crippen LogP contribution in [0.15, 0.2) is 42.5 Å². The standard InChI is InChI=1S/C17H15F2NO4/c1-20(9-11-6-7-14-15(8-11)23-10-22-14)16(21)12-4-2-3-5-13(12)24-17(18)19/h2-8,17H,9-10H2,1H3. The SMILES string of the molecule is CN(Cc1ccc2c(c1)OCO2)C(=O)c1ccccc1OC(F)F. The molecular formula is C17H15F2NO4. The quantitative estimate of drug-likeness (QED) is 0.841. The Morgan fingerprint density at radius 1 is 1.21 bits per heavy atom. The number of halogens is 2. The molecule has 0 unspecified atom stereocenters. The summed E-state index contributed by atoms with van der Waals surface area (Å²) in [4.78, 5) is 14.0. The maximum absolute atomic E-state index is 12.5. The van der Waals surface area contributed by atoms with Crippen LogP contribution in [0.4, 0.5) is 8.78 Å². The fraction of sp³-hybridized carbons (Fsp3) is 0.235. The molecule has 3 rings (SSSR count). The second kappa shape index (κ2) is 6.74. The first kappa shape index (κ1) is 16.0. The van der Waals surface area contributed by atoms with Crippen LogP contribution < -0.4 is 14.2 Å². The van der Waals surface area contributed by atoms with Crippen LogP contribution in [0.25, 0.3) is 0 Å². The molecule has 0 N–H and O–H groups in total. The molecule has 0 aliphatic carbocycles. The number of amides is 1. The van der Waals surface area contributed by atoms with E-state index in [-0.39, 0.29) is 18.1 Å². The Morgan fingerprint density at radius 2 is 1.96 bits per heavy atom. The van der Waals surface area contributed by atoms with Crippen LogP contribution in [-0.2, 0) is 6.54 Å². The maximum atomic E-state index is 12.5. The van der Waals surface area contributed by atoms with Gasteiger partial charge in [-0.25, -0.2) is 0 Å². The number of carbonyl (C=O) groups excluding carboxylic acids is 1. The third kappa shape index (κ3) is 3.40. The van der Waals surface area contributed by atoms with Gasteiger partial charge >= 0.3 is 6.61 Å². The van der Waals surface area contributed by atoms with E-state index in [1.165, 1.54) is 23.1 Å². The van der Waals surface area contributed by atoms with Crippen molar-refractivity contribution in [3.63, 3.8) is 0 Å². The fourth-order valence-electron chi connectivity index (χ4n) is 2.43. The molecular weight excluding hydrogens is 320 g/mol. The van der Waals surface area contributed by atoms with Crippen molar-refractivity contribution in [2.24, 2.45) is 0 Å². The van der Waals surface area contributed by atoms with E-state index >= 15 is 0 Å². The summed E-state index contributed by atoms with van der Waals surface area (Å²) in [5.74, 6) is 0.720. The highest BCUT2D eigenvalue weighted by molar-refractivity contribution is 5.96. The molecule has 1 heterocycles. The monoisotopic (exact) mass is 335 g/mol. The third-order valence-corrected chi connectivity index (χ3v) is 3.54. The Labute approximate surface area is 137 Å². The molecule has 0 fully saturated rings. The van der Waals surface area contributed by atoms with Crippen molar-refractivity contribution in [2.45, 2.75) is 13.2 Å². The number of benzene rings is 2. The van der Waals surface area contributed by atoms with Crippen LogP contribution in [0.1, 0.15) is 15.9 Å². The Kier molecular flexibility index (Phi) is 4.50. The molecule has 2 aromatic rings. The Balaban J connectivity index is 1.75. The summed E-state index contributed by atoms with van der Waals surface area (Å²) in [5, 5.41) is 0. The molecule has 5 nitrogen and oxygen atoms in total. The van der Waals surface area contributed by atoms with Gasteiger partial charge < -0.3 is 19.1 Å². The largest absolute Gasteiger partial charge is 0.454 e. The van der Waals surface area contributed by atoms with Gasteiger partial charge in [0, 0.05) is 13.6 Å². The normalized spacial score (nSPS) is 12.3. The van der Waals surface area contributed by atoms with Gasteiger partial charge in [0.15, 0.2) is 11.5 Å². The van der Waals surface area contributed by atoms with E-state index in [0.717, 1.165) is 5.56 Å². The summed E-state index contributed by atoms with van der Waals surface area (Å²) in [6.45, 7) is -2.53. The maximum Gasteiger partial charge on any atom is 0.387 e. The summed E-state index contributed by atoms with van der Waals surface area (Å²) in [7, 11) is 1.59. The minimum atomic E-state index is -2.99. The summed E-state index contributed by atoms with van der Waals surface area (Å²) in [5.41, 5.74) is 0.920. The van der Waals surface area contributed by atoms with Gasteiger partial charge in [0.05, 0.1) is 5.56 Å². The first-order valence-electron chi connectivity index (χ1n) is 7.22. The lowest BCUT2D eigenvalue weighted by Crippen LogP contribution is -2.27. The molecule has 7 heteroatoms. The number of carbonyl (C=O) groups is 1. The van der Waals surface area contributed by atoms with Crippen molar-refractivity contribution < 1.29 is 27.8 Å². The zero-order valence-electron chi connectivity index (χ0n) is 12.9. The average Bonchev–Trinajstić information content (AvgIpc) is 3.02. The zero-order valence-corrected chi connectivity index (χ0v) is 12.9. The van der Waals surface area contributed by atoms with Gasteiger partial charge in [-0.05, 0) is 29.8 Å². The molecule has 24 heavy (non-hydrogen) atoms. The molecule has 2 aromatic carbocycles. The van der Waals surface area contributed by atoms with Crippen molar-refractivity contribution >= 4 is 5.91 Å². The van der Waals surface area contributed by atoms with E-state index in [1.54, 1.807) is 25.2 Å². The van der Waals surface area contributed by atoms with E-state index in [4.69, 9.17) is 9.47 Å². The number of alkyl halides is 2. The number of para-hydroxylation sites is 1. The Morgan fingerprint density at radius 3 is 2.75 bits per heavy atom. The number of fused-ring (bicyclic) bond motifs is 1. The second-order valence-corrected chi connectivity index (χ2v) is 5.22. The van der Waals surface area contributed by atoms with Crippen LogP contribution in [0.3, 0.4) is 0 Å². The molecule has 126 valence electrons. The van der Waals surface area contributed by atoms with E-state index in [0.29, 0.717) is 18.0 Å². The molecule has 0 radical (unpaired) electrons. The molecule has 1 aliphatic heterocycles. The minimum absolute atomic E-state index is 0.0843. The lowest BCUT2D eigenvalue weighted by Gasteiger charge is -2.19. The molecule has 0 bridgehead atoms. The third-order valence-electron chi connectivity index (χ3n) is 3.54. The van der Waals surface area contributed by atoms with Crippen molar-refractivity contribution in [3.05, 3.63) is 53.6 Å². The lowest BCUT2D eigenvalue weighted by molar-refractivity contribution is -0.0502. The van der Waals surface area contributed by atoms with Crippen LogP contribution in [0.2, 0.25) is 0 Å². The number of ether oxygens (including phenoxy) is 3. The van der Waals surface area contributed by atoms with E-state index in [1.807, 2.05) is 6.07 Å². The van der Waals surface area contributed by atoms with Crippen LogP contribution >= 0.6 is 0 Å². The second-order valence-electron chi connectivity index (χ2n) is 5.22. The van der Waals surface area contributed by atoms with Gasteiger partial charge in [-0.2, -0.15) is 8.78 Å². The van der Waals surface area contributed by atoms with Crippen molar-refractivity contribution in [1.82, 2.24) is 4.90 Å². The van der Waals surface area contributed by atoms with E-state index < -0.39 is 12.5 Å². The topological polar surface area (TPSA) is 48.0 Å². The Hall–Kier alpha value is -2.83. The number of nitrogens with zero attached hydrogens (tertiary/aromatic N) is 1. The van der Waals surface area contributed by atoms with Gasteiger partial charge in [-0.15, -0.1) is 0 Å². The van der Waals surface area contributed by atoms with Gasteiger partial charge in [-0.3, -0.25) is 4.79 Å². The Bertz CT molecular complexity index is 751. The van der Waals surface area contributed by atoms with Crippen LogP contribution in [0.5, 0.6) is 17.2 Å². The smallest absolute Gasteiger partial charge is 0.387 e.